The molecule has 0 fully saturated rings. The first-order valence-electron chi connectivity index (χ1n) is 9.36. The van der Waals surface area contributed by atoms with Gasteiger partial charge in [0.25, 0.3) is 0 Å². The van der Waals surface area contributed by atoms with Gasteiger partial charge in [-0.25, -0.2) is 12.7 Å². The Hall–Kier alpha value is -2.53. The summed E-state index contributed by atoms with van der Waals surface area (Å²) in [5, 5.41) is 9.67. The van der Waals surface area contributed by atoms with Crippen LogP contribution in [0.15, 0.2) is 64.1 Å². The first kappa shape index (κ1) is 24.1. The zero-order valence-corrected chi connectivity index (χ0v) is 20.5. The summed E-state index contributed by atoms with van der Waals surface area (Å²) in [4.78, 5) is 0.149. The third-order valence-electron chi connectivity index (χ3n) is 4.49. The molecule has 32 heavy (non-hydrogen) atoms. The summed E-state index contributed by atoms with van der Waals surface area (Å²) in [6.07, 6.45) is 0. The predicted molar refractivity (Wildman–Crippen MR) is 126 cm³/mol. The van der Waals surface area contributed by atoms with Crippen LogP contribution in [0.25, 0.3) is 17.1 Å². The molecule has 0 unspecified atom stereocenters. The van der Waals surface area contributed by atoms with Crippen molar-refractivity contribution >= 4 is 33.4 Å². The number of nitrogens with zero attached hydrogens (tertiary/aromatic N) is 4. The summed E-state index contributed by atoms with van der Waals surface area (Å²) in [5.74, 6) is 2.04. The number of aromatic nitrogens is 3. The molecule has 0 amide bonds. The number of thioether (sulfide) groups is 1. The maximum atomic E-state index is 12.7. The molecule has 0 saturated heterocycles. The topological polar surface area (TPSA) is 86.6 Å². The first-order valence-corrected chi connectivity index (χ1v) is 12.2. The lowest BCUT2D eigenvalue weighted by Gasteiger charge is -2.16. The minimum atomic E-state index is -3.63. The molecule has 0 bridgehead atoms. The molecule has 0 aliphatic rings. The van der Waals surface area contributed by atoms with Gasteiger partial charge in [0.15, 0.2) is 11.0 Å². The Morgan fingerprint density at radius 2 is 1.91 bits per heavy atom. The van der Waals surface area contributed by atoms with E-state index in [1.165, 1.54) is 25.9 Å². The number of sulfonamides is 1. The zero-order valence-electron chi connectivity index (χ0n) is 18.1. The van der Waals surface area contributed by atoms with Crippen LogP contribution in [0.5, 0.6) is 11.5 Å². The van der Waals surface area contributed by atoms with Gasteiger partial charge in [0.1, 0.15) is 11.5 Å². The van der Waals surface area contributed by atoms with Crippen molar-refractivity contribution in [3.63, 3.8) is 0 Å². The average Bonchev–Trinajstić information content (AvgIpc) is 3.21. The van der Waals surface area contributed by atoms with Crippen LogP contribution in [-0.2, 0) is 10.0 Å². The molecule has 0 spiro atoms. The van der Waals surface area contributed by atoms with Crippen molar-refractivity contribution in [1.82, 2.24) is 19.1 Å². The monoisotopic (exact) mass is 494 g/mol. The van der Waals surface area contributed by atoms with E-state index >= 15 is 0 Å². The second-order valence-corrected chi connectivity index (χ2v) is 10.4. The van der Waals surface area contributed by atoms with Crippen LogP contribution in [0.3, 0.4) is 0 Å². The summed E-state index contributed by atoms with van der Waals surface area (Å²) in [6.45, 7) is 3.72. The lowest BCUT2D eigenvalue weighted by molar-refractivity contribution is 0.401. The van der Waals surface area contributed by atoms with E-state index in [0.717, 1.165) is 4.31 Å². The number of benzene rings is 2. The molecule has 3 aromatic rings. The van der Waals surface area contributed by atoms with E-state index < -0.39 is 10.0 Å². The molecule has 0 aliphatic carbocycles. The van der Waals surface area contributed by atoms with E-state index in [1.54, 1.807) is 61.3 Å². The van der Waals surface area contributed by atoms with E-state index in [0.29, 0.717) is 44.5 Å². The van der Waals surface area contributed by atoms with Crippen molar-refractivity contribution in [2.75, 3.05) is 34.1 Å². The molecule has 1 heterocycles. The minimum Gasteiger partial charge on any atom is -0.497 e. The van der Waals surface area contributed by atoms with Crippen LogP contribution >= 0.6 is 23.4 Å². The number of rotatable bonds is 9. The summed E-state index contributed by atoms with van der Waals surface area (Å²) < 4.78 is 39.2. The second kappa shape index (κ2) is 9.95. The third-order valence-corrected chi connectivity index (χ3v) is 7.61. The number of ether oxygens (including phenoxy) is 2. The van der Waals surface area contributed by atoms with Gasteiger partial charge in [0.05, 0.1) is 24.8 Å². The van der Waals surface area contributed by atoms with E-state index in [2.05, 4.69) is 16.8 Å². The predicted octanol–water partition coefficient (Wildman–Crippen LogP) is 4.05. The van der Waals surface area contributed by atoms with Crippen LogP contribution in [0.1, 0.15) is 0 Å². The fourth-order valence-electron chi connectivity index (χ4n) is 2.89. The molecule has 0 atom stereocenters. The fourth-order valence-corrected chi connectivity index (χ4v) is 4.70. The van der Waals surface area contributed by atoms with Gasteiger partial charge in [-0.2, -0.15) is 0 Å². The van der Waals surface area contributed by atoms with E-state index in [4.69, 9.17) is 21.1 Å². The minimum absolute atomic E-state index is 0.149. The molecule has 170 valence electrons. The maximum absolute atomic E-state index is 12.7. The summed E-state index contributed by atoms with van der Waals surface area (Å²) >= 11 is 7.32. The van der Waals surface area contributed by atoms with Gasteiger partial charge in [-0.3, -0.25) is 4.57 Å². The highest BCUT2D eigenvalue weighted by atomic mass is 35.5. The Morgan fingerprint density at radius 3 is 2.53 bits per heavy atom. The molecule has 0 aliphatic heterocycles. The van der Waals surface area contributed by atoms with Gasteiger partial charge in [0.2, 0.25) is 10.0 Å². The van der Waals surface area contributed by atoms with Gasteiger partial charge in [-0.05, 0) is 24.3 Å². The Balaban J connectivity index is 2.25. The molecular formula is C21H23ClN4O4S2. The van der Waals surface area contributed by atoms with Crippen molar-refractivity contribution in [2.24, 2.45) is 0 Å². The van der Waals surface area contributed by atoms with Crippen molar-refractivity contribution in [1.29, 1.82) is 0 Å². The fraction of sp³-hybridized carbons (Fsp3) is 0.238. The maximum Gasteiger partial charge on any atom is 0.242 e. The quantitative estimate of drug-likeness (QED) is 0.415. The van der Waals surface area contributed by atoms with Crippen molar-refractivity contribution in [3.8, 4) is 28.6 Å². The number of methoxy groups -OCH3 is 2. The zero-order chi connectivity index (χ0) is 23.5. The second-order valence-electron chi connectivity index (χ2n) is 6.80. The van der Waals surface area contributed by atoms with Crippen LogP contribution < -0.4 is 9.47 Å². The summed E-state index contributed by atoms with van der Waals surface area (Å²) in [7, 11) is 2.48. The van der Waals surface area contributed by atoms with Crippen LogP contribution in [-0.4, -0.2) is 61.6 Å². The molecule has 1 aromatic heterocycles. The smallest absolute Gasteiger partial charge is 0.242 e. The van der Waals surface area contributed by atoms with E-state index in [-0.39, 0.29) is 4.90 Å². The average molecular weight is 495 g/mol. The lowest BCUT2D eigenvalue weighted by atomic mass is 10.2. The highest BCUT2D eigenvalue weighted by molar-refractivity contribution is 7.99. The van der Waals surface area contributed by atoms with E-state index in [9.17, 15) is 8.42 Å². The molecule has 0 saturated carbocycles. The number of hydrogen-bond donors (Lipinski definition) is 0. The van der Waals surface area contributed by atoms with Crippen LogP contribution in [0, 0.1) is 0 Å². The van der Waals surface area contributed by atoms with Gasteiger partial charge < -0.3 is 9.47 Å². The molecule has 3 rings (SSSR count). The molecule has 0 N–H and O–H groups in total. The van der Waals surface area contributed by atoms with Crippen molar-refractivity contribution in [2.45, 2.75) is 10.1 Å². The van der Waals surface area contributed by atoms with Gasteiger partial charge in [0, 0.05) is 36.5 Å². The Kier molecular flexibility index (Phi) is 7.50. The summed E-state index contributed by atoms with van der Waals surface area (Å²) in [6, 6.07) is 11.9. The highest BCUT2D eigenvalue weighted by Gasteiger charge is 2.23. The molecule has 8 nitrogen and oxygen atoms in total. The number of hydrogen-bond acceptors (Lipinski definition) is 7. The lowest BCUT2D eigenvalue weighted by Crippen LogP contribution is -2.22. The Labute approximate surface area is 196 Å². The molecule has 2 aromatic carbocycles. The Morgan fingerprint density at radius 1 is 1.16 bits per heavy atom. The van der Waals surface area contributed by atoms with Gasteiger partial charge in [-0.15, -0.1) is 10.2 Å². The number of halogens is 1. The van der Waals surface area contributed by atoms with Gasteiger partial charge in [-0.1, -0.05) is 42.1 Å². The third kappa shape index (κ3) is 4.93. The van der Waals surface area contributed by atoms with Crippen LogP contribution in [0.4, 0.5) is 0 Å². The SMILES string of the molecule is C=C(Cl)CSc1nnc(-c2cccc(S(=O)(=O)N(C)C)c2)n1-c1cc(OC)ccc1OC. The largest absolute Gasteiger partial charge is 0.497 e. The molecule has 0 radical (unpaired) electrons. The van der Waals surface area contributed by atoms with Crippen LogP contribution in [0.2, 0.25) is 0 Å². The molecule has 11 heteroatoms. The summed E-state index contributed by atoms with van der Waals surface area (Å²) in [5.41, 5.74) is 1.21. The molecular weight excluding hydrogens is 472 g/mol. The standard InChI is InChI=1S/C21H23ClN4O4S2/c1-14(22)13-31-21-24-23-20(15-7-6-8-17(11-15)32(27,28)25(2)3)26(21)18-12-16(29-4)9-10-19(18)30-5/h6-12H,1,13H2,2-5H3. The van der Waals surface area contributed by atoms with Crippen molar-refractivity contribution < 1.29 is 17.9 Å². The van der Waals surface area contributed by atoms with Crippen molar-refractivity contribution in [3.05, 3.63) is 54.1 Å². The first-order chi connectivity index (χ1) is 15.2. The van der Waals surface area contributed by atoms with Gasteiger partial charge >= 0.3 is 0 Å². The Bertz CT molecular complexity index is 1240. The van der Waals surface area contributed by atoms with E-state index in [1.807, 2.05) is 0 Å². The normalized spacial score (nSPS) is 11.6. The highest BCUT2D eigenvalue weighted by Crippen LogP contribution is 2.36.